The normalized spacial score (nSPS) is 17.5. The molecule has 5 heteroatoms. The Labute approximate surface area is 163 Å². The van der Waals surface area contributed by atoms with Crippen LogP contribution in [-0.2, 0) is 15.9 Å². The lowest BCUT2D eigenvalue weighted by atomic mass is 9.92. The highest BCUT2D eigenvalue weighted by molar-refractivity contribution is 5.49. The number of phenolic OH excluding ortho intramolecular Hbond substituents is 1. The first-order valence-corrected chi connectivity index (χ1v) is 9.60. The van der Waals surface area contributed by atoms with Crippen molar-refractivity contribution in [3.63, 3.8) is 0 Å². The van der Waals surface area contributed by atoms with Gasteiger partial charge in [-0.1, -0.05) is 24.3 Å². The second-order valence-electron chi connectivity index (χ2n) is 7.41. The molecule has 2 rings (SSSR count). The van der Waals surface area contributed by atoms with Gasteiger partial charge in [-0.25, -0.2) is 0 Å². The molecule has 2 atom stereocenters. The fraction of sp³-hybridized carbons (Fsp3) is 0.545. The predicted molar refractivity (Wildman–Crippen MR) is 110 cm³/mol. The summed E-state index contributed by atoms with van der Waals surface area (Å²) in [6.07, 6.45) is 6.64. The molecular formula is C22H34N2O3. The maximum absolute atomic E-state index is 9.98. The largest absolute Gasteiger partial charge is 0.508 e. The minimum absolute atomic E-state index is 0.189. The monoisotopic (exact) mass is 374 g/mol. The van der Waals surface area contributed by atoms with Gasteiger partial charge in [-0.3, -0.25) is 4.90 Å². The molecule has 0 bridgehead atoms. The molecule has 1 aliphatic heterocycles. The molecule has 1 aromatic carbocycles. The highest BCUT2D eigenvalue weighted by Crippen LogP contribution is 2.28. The van der Waals surface area contributed by atoms with Crippen molar-refractivity contribution in [2.45, 2.75) is 52.3 Å². The van der Waals surface area contributed by atoms with Gasteiger partial charge in [-0.05, 0) is 81.4 Å². The zero-order chi connectivity index (χ0) is 20.0. The van der Waals surface area contributed by atoms with Crippen molar-refractivity contribution in [3.8, 4) is 5.75 Å². The minimum Gasteiger partial charge on any atom is -0.508 e. The molecule has 1 aromatic rings. The number of phenols is 1. The molecule has 0 spiro atoms. The Morgan fingerprint density at radius 1 is 1.30 bits per heavy atom. The molecule has 1 saturated heterocycles. The number of rotatable bonds is 9. The van der Waals surface area contributed by atoms with Crippen molar-refractivity contribution in [1.82, 2.24) is 4.90 Å². The third kappa shape index (κ3) is 5.66. The van der Waals surface area contributed by atoms with E-state index in [0.29, 0.717) is 5.75 Å². The summed E-state index contributed by atoms with van der Waals surface area (Å²) >= 11 is 0. The second kappa shape index (κ2) is 10.0. The van der Waals surface area contributed by atoms with Crippen LogP contribution in [0.5, 0.6) is 5.75 Å². The molecule has 2 unspecified atom stereocenters. The van der Waals surface area contributed by atoms with Gasteiger partial charge in [0.25, 0.3) is 0 Å². The molecule has 1 aliphatic rings. The molecule has 3 N–H and O–H groups in total. The molecule has 0 amide bonds. The van der Waals surface area contributed by atoms with Crippen LogP contribution in [0.15, 0.2) is 30.4 Å². The van der Waals surface area contributed by atoms with Crippen LogP contribution in [-0.4, -0.2) is 49.3 Å². The van der Waals surface area contributed by atoms with Crippen LogP contribution in [0.3, 0.4) is 0 Å². The van der Waals surface area contributed by atoms with E-state index in [-0.39, 0.29) is 19.1 Å². The summed E-state index contributed by atoms with van der Waals surface area (Å²) in [5.74, 6) is 0.347. The minimum atomic E-state index is -0.247. The zero-order valence-electron chi connectivity index (χ0n) is 17.1. The molecular weight excluding hydrogens is 340 g/mol. The molecule has 1 fully saturated rings. The number of methoxy groups -OCH3 is 1. The van der Waals surface area contributed by atoms with Crippen molar-refractivity contribution in [2.75, 3.05) is 27.0 Å². The highest BCUT2D eigenvalue weighted by Gasteiger charge is 2.25. The number of aromatic hydroxyl groups is 1. The molecule has 150 valence electrons. The molecule has 1 heterocycles. The van der Waals surface area contributed by atoms with Crippen molar-refractivity contribution >= 4 is 0 Å². The van der Waals surface area contributed by atoms with Crippen LogP contribution in [0.1, 0.15) is 35.1 Å². The summed E-state index contributed by atoms with van der Waals surface area (Å²) in [5.41, 5.74) is 11.7. The van der Waals surface area contributed by atoms with E-state index < -0.39 is 0 Å². The van der Waals surface area contributed by atoms with E-state index in [1.54, 1.807) is 7.11 Å². The Balaban J connectivity index is 2.08. The molecule has 5 nitrogen and oxygen atoms in total. The van der Waals surface area contributed by atoms with Crippen LogP contribution < -0.4 is 5.73 Å². The summed E-state index contributed by atoms with van der Waals surface area (Å²) in [6, 6.07) is 1.82. The third-order valence-corrected chi connectivity index (χ3v) is 5.43. The quantitative estimate of drug-likeness (QED) is 0.512. The van der Waals surface area contributed by atoms with E-state index in [1.807, 2.05) is 39.0 Å². The van der Waals surface area contributed by atoms with Gasteiger partial charge >= 0.3 is 0 Å². The smallest absolute Gasteiger partial charge is 0.147 e. The molecule has 0 saturated carbocycles. The lowest BCUT2D eigenvalue weighted by Gasteiger charge is -2.29. The number of benzene rings is 1. The zero-order valence-corrected chi connectivity index (χ0v) is 17.1. The van der Waals surface area contributed by atoms with Crippen molar-refractivity contribution in [3.05, 3.63) is 52.6 Å². The maximum Gasteiger partial charge on any atom is 0.147 e. The lowest BCUT2D eigenvalue weighted by Crippen LogP contribution is -2.49. The topological polar surface area (TPSA) is 68.0 Å². The first-order chi connectivity index (χ1) is 12.8. The number of hydrogen-bond acceptors (Lipinski definition) is 5. The van der Waals surface area contributed by atoms with Crippen molar-refractivity contribution in [1.29, 1.82) is 0 Å². The van der Waals surface area contributed by atoms with Gasteiger partial charge in [0.1, 0.15) is 18.6 Å². The number of aryl methyl sites for hydroxylation is 1. The predicted octanol–water partition coefficient (Wildman–Crippen LogP) is 3.34. The number of allylic oxidation sites excluding steroid dienone is 2. The van der Waals surface area contributed by atoms with E-state index in [0.717, 1.165) is 41.8 Å². The van der Waals surface area contributed by atoms with E-state index >= 15 is 0 Å². The Morgan fingerprint density at radius 3 is 2.59 bits per heavy atom. The van der Waals surface area contributed by atoms with Gasteiger partial charge in [0.2, 0.25) is 0 Å². The Hall–Kier alpha value is -1.66. The second-order valence-corrected chi connectivity index (χ2v) is 7.41. The van der Waals surface area contributed by atoms with E-state index in [9.17, 15) is 5.11 Å². The van der Waals surface area contributed by atoms with Gasteiger partial charge in [-0.15, -0.1) is 0 Å². The average molecular weight is 375 g/mol. The number of likely N-dealkylation sites (tertiary alicyclic amines) is 1. The Kier molecular flexibility index (Phi) is 8.05. The van der Waals surface area contributed by atoms with E-state index in [1.165, 1.54) is 18.4 Å². The third-order valence-electron chi connectivity index (χ3n) is 5.43. The highest BCUT2D eigenvalue weighted by atomic mass is 16.7. The van der Waals surface area contributed by atoms with Gasteiger partial charge in [0, 0.05) is 7.11 Å². The first kappa shape index (κ1) is 21.6. The molecule has 0 aromatic heterocycles. The van der Waals surface area contributed by atoms with Gasteiger partial charge in [0.05, 0.1) is 6.17 Å². The van der Waals surface area contributed by atoms with Gasteiger partial charge in [0.15, 0.2) is 0 Å². The average Bonchev–Trinajstić information content (AvgIpc) is 3.18. The van der Waals surface area contributed by atoms with E-state index in [2.05, 4.69) is 11.5 Å². The van der Waals surface area contributed by atoms with Crippen LogP contribution in [0.4, 0.5) is 0 Å². The standard InChI is InChI=1S/C22H34N2O3/c1-15(12-19-16(2)13-20(25)18(4)17(19)3)8-9-21(27-14-26-5)22(23)24-10-6-7-11-24/h8-9,13,21-22,25H,1,6-7,10-12,14,23H2,2-5H3/b9-8-. The SMILES string of the molecule is C=C(/C=C\C(OCOC)C(N)N1CCCC1)Cc1c(C)cc(O)c(C)c1C. The Bertz CT molecular complexity index is 679. The van der Waals surface area contributed by atoms with Crippen LogP contribution in [0, 0.1) is 20.8 Å². The summed E-state index contributed by atoms with van der Waals surface area (Å²) in [5, 5.41) is 9.98. The summed E-state index contributed by atoms with van der Waals surface area (Å²) in [4.78, 5) is 2.26. The van der Waals surface area contributed by atoms with Crippen molar-refractivity contribution in [2.24, 2.45) is 5.73 Å². The first-order valence-electron chi connectivity index (χ1n) is 9.60. The summed E-state index contributed by atoms with van der Waals surface area (Å²) in [6.45, 7) is 12.4. The number of nitrogens with zero attached hydrogens (tertiary/aromatic N) is 1. The number of hydrogen-bond donors (Lipinski definition) is 2. The van der Waals surface area contributed by atoms with Crippen LogP contribution >= 0.6 is 0 Å². The fourth-order valence-corrected chi connectivity index (χ4v) is 3.57. The summed E-state index contributed by atoms with van der Waals surface area (Å²) in [7, 11) is 1.61. The van der Waals surface area contributed by atoms with E-state index in [4.69, 9.17) is 15.2 Å². The van der Waals surface area contributed by atoms with Gasteiger partial charge < -0.3 is 20.3 Å². The van der Waals surface area contributed by atoms with Crippen molar-refractivity contribution < 1.29 is 14.6 Å². The number of nitrogens with two attached hydrogens (primary N) is 1. The molecule has 0 radical (unpaired) electrons. The fourth-order valence-electron chi connectivity index (χ4n) is 3.57. The van der Waals surface area contributed by atoms with Gasteiger partial charge in [-0.2, -0.15) is 0 Å². The summed E-state index contributed by atoms with van der Waals surface area (Å²) < 4.78 is 10.9. The molecule has 27 heavy (non-hydrogen) atoms. The Morgan fingerprint density at radius 2 is 1.96 bits per heavy atom. The van der Waals surface area contributed by atoms with Crippen LogP contribution in [0.2, 0.25) is 0 Å². The number of ether oxygens (including phenoxy) is 2. The maximum atomic E-state index is 9.98. The molecule has 0 aliphatic carbocycles. The van der Waals surface area contributed by atoms with Crippen LogP contribution in [0.25, 0.3) is 0 Å². The lowest BCUT2D eigenvalue weighted by molar-refractivity contribution is -0.0785.